The number of hydrogen-bond acceptors (Lipinski definition) is 7. The van der Waals surface area contributed by atoms with Gasteiger partial charge in [-0.3, -0.25) is 10.2 Å². The molecule has 0 spiro atoms. The lowest BCUT2D eigenvalue weighted by atomic mass is 10.1. The van der Waals surface area contributed by atoms with E-state index in [0.717, 1.165) is 16.3 Å². The number of carbonyl (C=O) groups excluding carboxylic acids is 1. The van der Waals surface area contributed by atoms with Gasteiger partial charge in [-0.2, -0.15) is 0 Å². The number of amides is 1. The Bertz CT molecular complexity index is 905. The standard InChI is InChI=1S/C16H20N4O4S2/c1-11-3-4-13(9-12(11)2)26(22,23)19-18-15(21)14-10-25-16(17-14)20-5-7-24-8-6-20/h3-4,9-10,19H,5-8H2,1-2H3,(H,18,21). The minimum Gasteiger partial charge on any atom is -0.378 e. The Balaban J connectivity index is 1.64. The molecule has 0 aliphatic carbocycles. The predicted molar refractivity (Wildman–Crippen MR) is 98.8 cm³/mol. The van der Waals surface area contributed by atoms with E-state index in [1.54, 1.807) is 17.5 Å². The molecule has 26 heavy (non-hydrogen) atoms. The topological polar surface area (TPSA) is 101 Å². The van der Waals surface area contributed by atoms with E-state index in [9.17, 15) is 13.2 Å². The number of carbonyl (C=O) groups is 1. The molecule has 0 atom stereocenters. The summed E-state index contributed by atoms with van der Waals surface area (Å²) in [6.07, 6.45) is 0. The van der Waals surface area contributed by atoms with Crippen LogP contribution < -0.4 is 15.2 Å². The van der Waals surface area contributed by atoms with Crippen molar-refractivity contribution in [2.75, 3.05) is 31.2 Å². The summed E-state index contributed by atoms with van der Waals surface area (Å²) in [5.41, 5.74) is 4.23. The third-order valence-corrected chi connectivity index (χ3v) is 6.24. The molecule has 1 aromatic heterocycles. The van der Waals surface area contributed by atoms with Gasteiger partial charge in [0.1, 0.15) is 5.69 Å². The Morgan fingerprint density at radius 2 is 1.96 bits per heavy atom. The lowest BCUT2D eigenvalue weighted by Crippen LogP contribution is -2.41. The third kappa shape index (κ3) is 4.21. The average Bonchev–Trinajstić information content (AvgIpc) is 3.13. The number of rotatable bonds is 5. The summed E-state index contributed by atoms with van der Waals surface area (Å²) in [5, 5.41) is 2.32. The molecule has 0 saturated carbocycles. The van der Waals surface area contributed by atoms with Gasteiger partial charge in [0.05, 0.1) is 18.1 Å². The fourth-order valence-electron chi connectivity index (χ4n) is 2.39. The molecule has 10 heteroatoms. The van der Waals surface area contributed by atoms with Gasteiger partial charge in [-0.15, -0.1) is 16.2 Å². The molecule has 2 N–H and O–H groups in total. The number of anilines is 1. The van der Waals surface area contributed by atoms with E-state index in [1.807, 2.05) is 18.7 Å². The van der Waals surface area contributed by atoms with Crippen LogP contribution in [0.4, 0.5) is 5.13 Å². The van der Waals surface area contributed by atoms with Crippen LogP contribution in [0.15, 0.2) is 28.5 Å². The summed E-state index contributed by atoms with van der Waals surface area (Å²) in [5.74, 6) is -0.604. The third-order valence-electron chi connectivity index (χ3n) is 4.09. The van der Waals surface area contributed by atoms with Crippen LogP contribution in [0.25, 0.3) is 0 Å². The highest BCUT2D eigenvalue weighted by Crippen LogP contribution is 2.21. The van der Waals surface area contributed by atoms with Crippen LogP contribution in [-0.2, 0) is 14.8 Å². The minimum absolute atomic E-state index is 0.0909. The molecule has 1 aliphatic rings. The van der Waals surface area contributed by atoms with E-state index in [4.69, 9.17) is 4.74 Å². The number of benzene rings is 1. The average molecular weight is 396 g/mol. The lowest BCUT2D eigenvalue weighted by Gasteiger charge is -2.25. The smallest absolute Gasteiger partial charge is 0.285 e. The molecule has 0 radical (unpaired) electrons. The van der Waals surface area contributed by atoms with Gasteiger partial charge in [0.25, 0.3) is 15.9 Å². The first-order valence-corrected chi connectivity index (χ1v) is 10.4. The summed E-state index contributed by atoms with van der Waals surface area (Å²) in [6, 6.07) is 4.78. The Hall–Kier alpha value is -2.01. The zero-order valence-corrected chi connectivity index (χ0v) is 16.1. The molecule has 0 unspecified atom stereocenters. The number of thiazole rings is 1. The highest BCUT2D eigenvalue weighted by molar-refractivity contribution is 7.89. The van der Waals surface area contributed by atoms with Crippen LogP contribution in [0.3, 0.4) is 0 Å². The largest absolute Gasteiger partial charge is 0.378 e. The van der Waals surface area contributed by atoms with Crippen LogP contribution in [0, 0.1) is 13.8 Å². The predicted octanol–water partition coefficient (Wildman–Crippen LogP) is 1.22. The van der Waals surface area contributed by atoms with E-state index in [1.165, 1.54) is 17.4 Å². The Morgan fingerprint density at radius 3 is 2.65 bits per heavy atom. The zero-order valence-electron chi connectivity index (χ0n) is 14.5. The number of hydrogen-bond donors (Lipinski definition) is 2. The first-order chi connectivity index (χ1) is 12.4. The molecule has 2 aromatic rings. The molecule has 1 aliphatic heterocycles. The van der Waals surface area contributed by atoms with Crippen molar-refractivity contribution in [3.05, 3.63) is 40.4 Å². The fourth-order valence-corrected chi connectivity index (χ4v) is 4.17. The highest BCUT2D eigenvalue weighted by atomic mass is 32.2. The normalized spacial score (nSPS) is 15.1. The number of ether oxygens (including phenoxy) is 1. The zero-order chi connectivity index (χ0) is 18.7. The Kier molecular flexibility index (Phi) is 5.56. The maximum Gasteiger partial charge on any atom is 0.285 e. The first kappa shape index (κ1) is 18.8. The van der Waals surface area contributed by atoms with Gasteiger partial charge in [0.15, 0.2) is 5.13 Å². The first-order valence-electron chi connectivity index (χ1n) is 8.04. The molecule has 8 nitrogen and oxygen atoms in total. The molecular formula is C16H20N4O4S2. The van der Waals surface area contributed by atoms with E-state index >= 15 is 0 Å². The van der Waals surface area contributed by atoms with Gasteiger partial charge in [-0.25, -0.2) is 13.4 Å². The molecule has 1 fully saturated rings. The number of aromatic nitrogens is 1. The van der Waals surface area contributed by atoms with E-state index in [-0.39, 0.29) is 10.6 Å². The summed E-state index contributed by atoms with van der Waals surface area (Å²) < 4.78 is 29.9. The summed E-state index contributed by atoms with van der Waals surface area (Å²) in [6.45, 7) is 6.40. The number of aryl methyl sites for hydroxylation is 2. The van der Waals surface area contributed by atoms with Crippen LogP contribution in [0.5, 0.6) is 0 Å². The second-order valence-electron chi connectivity index (χ2n) is 5.92. The molecule has 1 amide bonds. The van der Waals surface area contributed by atoms with E-state index in [0.29, 0.717) is 26.3 Å². The van der Waals surface area contributed by atoms with Gasteiger partial charge in [-0.05, 0) is 37.1 Å². The highest BCUT2D eigenvalue weighted by Gasteiger charge is 2.20. The minimum atomic E-state index is -3.85. The van der Waals surface area contributed by atoms with Gasteiger partial charge >= 0.3 is 0 Å². The quantitative estimate of drug-likeness (QED) is 0.737. The van der Waals surface area contributed by atoms with E-state index in [2.05, 4.69) is 15.2 Å². The van der Waals surface area contributed by atoms with Crippen molar-refractivity contribution in [1.29, 1.82) is 0 Å². The number of sulfonamides is 1. The number of nitrogens with zero attached hydrogens (tertiary/aromatic N) is 2. The molecule has 3 rings (SSSR count). The number of hydrazine groups is 1. The van der Waals surface area contributed by atoms with Crippen molar-refractivity contribution in [1.82, 2.24) is 15.2 Å². The maximum atomic E-state index is 12.3. The van der Waals surface area contributed by atoms with Crippen LogP contribution in [0.1, 0.15) is 21.6 Å². The molecule has 2 heterocycles. The Labute approximate surface area is 156 Å². The molecular weight excluding hydrogens is 376 g/mol. The monoisotopic (exact) mass is 396 g/mol. The number of nitrogens with one attached hydrogen (secondary N) is 2. The van der Waals surface area contributed by atoms with Gasteiger partial charge < -0.3 is 9.64 Å². The van der Waals surface area contributed by atoms with Crippen LogP contribution in [0.2, 0.25) is 0 Å². The second-order valence-corrected chi connectivity index (χ2v) is 8.44. The molecule has 0 bridgehead atoms. The summed E-state index contributed by atoms with van der Waals surface area (Å²) in [7, 11) is -3.85. The van der Waals surface area contributed by atoms with Crippen molar-refractivity contribution >= 4 is 32.4 Å². The van der Waals surface area contributed by atoms with Crippen molar-refractivity contribution in [3.8, 4) is 0 Å². The summed E-state index contributed by atoms with van der Waals surface area (Å²) in [4.78, 5) is 20.7. The lowest BCUT2D eigenvalue weighted by molar-refractivity contribution is 0.0940. The molecule has 1 aromatic carbocycles. The second kappa shape index (κ2) is 7.70. The maximum absolute atomic E-state index is 12.3. The summed E-state index contributed by atoms with van der Waals surface area (Å²) >= 11 is 1.34. The molecule has 1 saturated heterocycles. The van der Waals surface area contributed by atoms with Crippen molar-refractivity contribution < 1.29 is 17.9 Å². The van der Waals surface area contributed by atoms with E-state index < -0.39 is 15.9 Å². The van der Waals surface area contributed by atoms with Crippen LogP contribution >= 0.6 is 11.3 Å². The van der Waals surface area contributed by atoms with Gasteiger partial charge in [-0.1, -0.05) is 6.07 Å². The van der Waals surface area contributed by atoms with Crippen molar-refractivity contribution in [2.45, 2.75) is 18.7 Å². The SMILES string of the molecule is Cc1ccc(S(=O)(=O)NNC(=O)c2csc(N3CCOCC3)n2)cc1C. The van der Waals surface area contributed by atoms with Crippen molar-refractivity contribution in [3.63, 3.8) is 0 Å². The van der Waals surface area contributed by atoms with Gasteiger partial charge in [0.2, 0.25) is 0 Å². The fraction of sp³-hybridized carbons (Fsp3) is 0.375. The van der Waals surface area contributed by atoms with Gasteiger partial charge in [0, 0.05) is 18.5 Å². The Morgan fingerprint density at radius 1 is 1.23 bits per heavy atom. The van der Waals surface area contributed by atoms with Crippen molar-refractivity contribution in [2.24, 2.45) is 0 Å². The van der Waals surface area contributed by atoms with Crippen LogP contribution in [-0.4, -0.2) is 45.6 Å². The molecule has 140 valence electrons. The number of morpholine rings is 1.